The molecule has 0 fully saturated rings. The Balaban J connectivity index is 2.21. The Morgan fingerprint density at radius 3 is 2.63 bits per heavy atom. The highest BCUT2D eigenvalue weighted by molar-refractivity contribution is 9.10. The summed E-state index contributed by atoms with van der Waals surface area (Å²) in [5, 5.41) is 0. The molecule has 2 atom stereocenters. The molecule has 19 heavy (non-hydrogen) atoms. The minimum atomic E-state index is -0.00424. The summed E-state index contributed by atoms with van der Waals surface area (Å²) in [4.78, 5) is 0.223. The van der Waals surface area contributed by atoms with E-state index in [1.54, 1.807) is 0 Å². The third-order valence-electron chi connectivity index (χ3n) is 3.01. The highest BCUT2D eigenvalue weighted by Gasteiger charge is 2.24. The summed E-state index contributed by atoms with van der Waals surface area (Å²) < 4.78 is 17.8. The second-order valence-corrected chi connectivity index (χ2v) is 6.85. The van der Waals surface area contributed by atoms with Gasteiger partial charge in [0.1, 0.15) is 0 Å². The van der Waals surface area contributed by atoms with Crippen LogP contribution in [-0.4, -0.2) is 18.2 Å². The molecule has 0 aromatic heterocycles. The smallest absolute Gasteiger partial charge is 0.231 e. The van der Waals surface area contributed by atoms with E-state index in [2.05, 4.69) is 45.7 Å². The van der Waals surface area contributed by atoms with Gasteiger partial charge >= 0.3 is 0 Å². The van der Waals surface area contributed by atoms with Crippen LogP contribution in [0.2, 0.25) is 0 Å². The van der Waals surface area contributed by atoms with Gasteiger partial charge < -0.3 is 14.2 Å². The van der Waals surface area contributed by atoms with E-state index in [4.69, 9.17) is 14.2 Å². The summed E-state index contributed by atoms with van der Waals surface area (Å²) in [6.07, 6.45) is 2.19. The minimum Gasteiger partial charge on any atom is -0.454 e. The minimum absolute atomic E-state index is 0.00424. The number of unbranched alkanes of at least 4 members (excludes halogenated alkanes) is 1. The predicted molar refractivity (Wildman–Crippen MR) is 82.3 cm³/mol. The van der Waals surface area contributed by atoms with Gasteiger partial charge in [0.25, 0.3) is 0 Å². The number of hydrogen-bond acceptors (Lipinski definition) is 3. The van der Waals surface area contributed by atoms with Gasteiger partial charge in [0, 0.05) is 21.5 Å². The van der Waals surface area contributed by atoms with Crippen molar-refractivity contribution in [3.05, 3.63) is 22.2 Å². The van der Waals surface area contributed by atoms with Crippen LogP contribution in [0.15, 0.2) is 16.6 Å². The molecule has 2 rings (SSSR count). The highest BCUT2D eigenvalue weighted by Crippen LogP contribution is 2.41. The Labute approximate surface area is 130 Å². The molecule has 1 heterocycles. The molecule has 0 aliphatic carbocycles. The Morgan fingerprint density at radius 2 is 2.00 bits per heavy atom. The quantitative estimate of drug-likeness (QED) is 0.512. The second kappa shape index (κ2) is 6.95. The molecule has 0 saturated heterocycles. The number of rotatable bonds is 6. The summed E-state index contributed by atoms with van der Waals surface area (Å²) >= 11 is 7.22. The molecule has 0 bridgehead atoms. The van der Waals surface area contributed by atoms with Gasteiger partial charge in [-0.2, -0.15) is 0 Å². The number of ether oxygens (including phenoxy) is 3. The first-order chi connectivity index (χ1) is 9.13. The molecule has 1 aliphatic rings. The summed E-state index contributed by atoms with van der Waals surface area (Å²) in [5.74, 6) is 1.57. The van der Waals surface area contributed by atoms with Crippen LogP contribution in [0.4, 0.5) is 0 Å². The first-order valence-electron chi connectivity index (χ1n) is 6.48. The van der Waals surface area contributed by atoms with E-state index >= 15 is 0 Å². The van der Waals surface area contributed by atoms with E-state index < -0.39 is 0 Å². The van der Waals surface area contributed by atoms with Crippen LogP contribution in [0.3, 0.4) is 0 Å². The maximum absolute atomic E-state index is 6.00. The van der Waals surface area contributed by atoms with Crippen LogP contribution in [0.5, 0.6) is 11.5 Å². The largest absolute Gasteiger partial charge is 0.454 e. The zero-order valence-electron chi connectivity index (χ0n) is 11.1. The summed E-state index contributed by atoms with van der Waals surface area (Å²) in [5.41, 5.74) is 1.09. The van der Waals surface area contributed by atoms with Gasteiger partial charge in [-0.3, -0.25) is 0 Å². The van der Waals surface area contributed by atoms with Crippen molar-refractivity contribution in [1.29, 1.82) is 0 Å². The number of benzene rings is 1. The van der Waals surface area contributed by atoms with Gasteiger partial charge in [-0.1, -0.05) is 45.2 Å². The number of alkyl halides is 1. The third kappa shape index (κ3) is 3.64. The van der Waals surface area contributed by atoms with E-state index in [9.17, 15) is 0 Å². The number of halogens is 2. The van der Waals surface area contributed by atoms with Crippen molar-refractivity contribution in [2.45, 2.75) is 37.6 Å². The molecule has 0 saturated carbocycles. The lowest BCUT2D eigenvalue weighted by Gasteiger charge is -2.22. The van der Waals surface area contributed by atoms with Gasteiger partial charge in [-0.25, -0.2) is 0 Å². The van der Waals surface area contributed by atoms with Crippen molar-refractivity contribution in [2.75, 3.05) is 13.4 Å². The van der Waals surface area contributed by atoms with Gasteiger partial charge in [0.2, 0.25) is 6.79 Å². The Bertz CT molecular complexity index is 435. The SMILES string of the molecule is CCCCO[C@H](c1cc2c(cc1Br)OCO2)[C@H](C)Br. The van der Waals surface area contributed by atoms with Crippen LogP contribution >= 0.6 is 31.9 Å². The van der Waals surface area contributed by atoms with Crippen molar-refractivity contribution in [1.82, 2.24) is 0 Å². The van der Waals surface area contributed by atoms with Crippen molar-refractivity contribution >= 4 is 31.9 Å². The number of fused-ring (bicyclic) bond motifs is 1. The average molecular weight is 394 g/mol. The molecule has 106 valence electrons. The van der Waals surface area contributed by atoms with Crippen molar-refractivity contribution in [3.8, 4) is 11.5 Å². The van der Waals surface area contributed by atoms with Crippen LogP contribution < -0.4 is 9.47 Å². The van der Waals surface area contributed by atoms with Crippen LogP contribution in [0, 0.1) is 0 Å². The molecule has 1 aromatic rings. The second-order valence-electron chi connectivity index (χ2n) is 4.55. The van der Waals surface area contributed by atoms with Crippen LogP contribution in [-0.2, 0) is 4.74 Å². The van der Waals surface area contributed by atoms with E-state index in [-0.39, 0.29) is 17.7 Å². The lowest BCUT2D eigenvalue weighted by Crippen LogP contribution is -2.14. The lowest BCUT2D eigenvalue weighted by molar-refractivity contribution is 0.0525. The van der Waals surface area contributed by atoms with E-state index in [0.29, 0.717) is 0 Å². The van der Waals surface area contributed by atoms with Crippen molar-refractivity contribution < 1.29 is 14.2 Å². The molecule has 0 unspecified atom stereocenters. The van der Waals surface area contributed by atoms with E-state index in [1.165, 1.54) is 0 Å². The molecular formula is C14H18Br2O3. The molecule has 0 amide bonds. The monoisotopic (exact) mass is 392 g/mol. The Morgan fingerprint density at radius 1 is 1.32 bits per heavy atom. The number of hydrogen-bond donors (Lipinski definition) is 0. The van der Waals surface area contributed by atoms with Crippen molar-refractivity contribution in [3.63, 3.8) is 0 Å². The van der Waals surface area contributed by atoms with E-state index in [1.807, 2.05) is 12.1 Å². The standard InChI is InChI=1S/C14H18Br2O3/c1-3-4-5-17-14(9(2)15)10-6-12-13(7-11(10)16)19-8-18-12/h6-7,9,14H,3-5,8H2,1-2H3/t9-,14-/m0/s1. The first-order valence-corrected chi connectivity index (χ1v) is 8.19. The van der Waals surface area contributed by atoms with Crippen LogP contribution in [0.25, 0.3) is 0 Å². The topological polar surface area (TPSA) is 27.7 Å². The molecule has 1 aliphatic heterocycles. The maximum atomic E-state index is 6.00. The highest BCUT2D eigenvalue weighted by atomic mass is 79.9. The summed E-state index contributed by atoms with van der Waals surface area (Å²) in [7, 11) is 0. The normalized spacial score (nSPS) is 16.4. The molecule has 5 heteroatoms. The molecule has 0 N–H and O–H groups in total. The molecular weight excluding hydrogens is 376 g/mol. The fourth-order valence-electron chi connectivity index (χ4n) is 1.98. The van der Waals surface area contributed by atoms with E-state index in [0.717, 1.165) is 41.0 Å². The zero-order chi connectivity index (χ0) is 13.8. The van der Waals surface area contributed by atoms with Gasteiger partial charge in [-0.05, 0) is 25.5 Å². The van der Waals surface area contributed by atoms with Crippen molar-refractivity contribution in [2.24, 2.45) is 0 Å². The predicted octanol–water partition coefficient (Wildman–Crippen LogP) is 4.82. The molecule has 3 nitrogen and oxygen atoms in total. The summed E-state index contributed by atoms with van der Waals surface area (Å²) in [6, 6.07) is 3.95. The Kier molecular flexibility index (Phi) is 5.54. The zero-order valence-corrected chi connectivity index (χ0v) is 14.3. The average Bonchev–Trinajstić information content (AvgIpc) is 2.80. The molecule has 0 spiro atoms. The Hall–Kier alpha value is -0.260. The van der Waals surface area contributed by atoms with Crippen LogP contribution in [0.1, 0.15) is 38.4 Å². The fraction of sp³-hybridized carbons (Fsp3) is 0.571. The third-order valence-corrected chi connectivity index (χ3v) is 4.18. The summed E-state index contributed by atoms with van der Waals surface area (Å²) in [6.45, 7) is 5.30. The van der Waals surface area contributed by atoms with Gasteiger partial charge in [-0.15, -0.1) is 0 Å². The van der Waals surface area contributed by atoms with Gasteiger partial charge in [0.15, 0.2) is 11.5 Å². The van der Waals surface area contributed by atoms with Gasteiger partial charge in [0.05, 0.1) is 6.10 Å². The fourth-order valence-corrected chi connectivity index (χ4v) is 2.96. The molecule has 0 radical (unpaired) electrons. The lowest BCUT2D eigenvalue weighted by atomic mass is 10.1. The molecule has 1 aromatic carbocycles. The first kappa shape index (κ1) is 15.1. The maximum Gasteiger partial charge on any atom is 0.231 e.